The lowest BCUT2D eigenvalue weighted by Crippen LogP contribution is -1.95. The van der Waals surface area contributed by atoms with Gasteiger partial charge in [-0.1, -0.05) is 13.8 Å². The number of carbonyl (C=O) groups is 2. The van der Waals surface area contributed by atoms with E-state index in [2.05, 4.69) is 26.0 Å². The van der Waals surface area contributed by atoms with Crippen LogP contribution in [0.2, 0.25) is 0 Å². The molecule has 0 spiro atoms. The molecule has 0 unspecified atom stereocenters. The Labute approximate surface area is 154 Å². The van der Waals surface area contributed by atoms with Crippen molar-refractivity contribution in [2.24, 2.45) is 0 Å². The molecule has 3 rings (SSSR count). The van der Waals surface area contributed by atoms with Gasteiger partial charge in [-0.05, 0) is 71.5 Å². The Hall–Kier alpha value is -2.24. The number of hydrogen-bond acceptors (Lipinski definition) is 4. The minimum atomic E-state index is -0.890. The molecule has 0 atom stereocenters. The fourth-order valence-corrected chi connectivity index (χ4v) is 4.71. The normalized spacial score (nSPS) is 10.8. The second-order valence-electron chi connectivity index (χ2n) is 5.67. The molecule has 5 heteroatoms. The molecule has 128 valence electrons. The molecule has 0 radical (unpaired) electrons. The molecule has 0 amide bonds. The Balaban J connectivity index is 2.14. The molecular formula is C20H18O3S2. The molecule has 0 fully saturated rings. The van der Waals surface area contributed by atoms with Crippen LogP contribution >= 0.6 is 22.7 Å². The average Bonchev–Trinajstić information content (AvgIpc) is 3.29. The minimum Gasteiger partial charge on any atom is -0.477 e. The van der Waals surface area contributed by atoms with E-state index in [1.807, 2.05) is 18.2 Å². The Kier molecular flexibility index (Phi) is 5.16. The minimum absolute atomic E-state index is 0.351. The van der Waals surface area contributed by atoms with E-state index < -0.39 is 5.97 Å². The zero-order valence-corrected chi connectivity index (χ0v) is 15.7. The average molecular weight is 370 g/mol. The van der Waals surface area contributed by atoms with Crippen LogP contribution in [0.1, 0.15) is 44.3 Å². The maximum absolute atomic E-state index is 11.1. The molecule has 0 saturated carbocycles. The predicted molar refractivity (Wildman–Crippen MR) is 104 cm³/mol. The number of benzene rings is 1. The highest BCUT2D eigenvalue weighted by molar-refractivity contribution is 7.17. The van der Waals surface area contributed by atoms with E-state index in [-0.39, 0.29) is 0 Å². The zero-order valence-electron chi connectivity index (χ0n) is 14.0. The van der Waals surface area contributed by atoms with Gasteiger partial charge in [0, 0.05) is 9.75 Å². The first-order chi connectivity index (χ1) is 12.1. The van der Waals surface area contributed by atoms with Crippen LogP contribution < -0.4 is 0 Å². The summed E-state index contributed by atoms with van der Waals surface area (Å²) < 4.78 is 0. The summed E-state index contributed by atoms with van der Waals surface area (Å²) in [6.07, 6.45) is 2.64. The number of rotatable bonds is 6. The molecule has 25 heavy (non-hydrogen) atoms. The van der Waals surface area contributed by atoms with Crippen molar-refractivity contribution in [3.8, 4) is 20.9 Å². The van der Waals surface area contributed by atoms with E-state index >= 15 is 0 Å². The number of carboxylic acids is 1. The lowest BCUT2D eigenvalue weighted by Gasteiger charge is -2.14. The van der Waals surface area contributed by atoms with Gasteiger partial charge in [-0.2, -0.15) is 0 Å². The SMILES string of the molecule is CCc1cc(-c2ccc(C(=O)O)s2)cc(CC)c1-c1ccc(C=O)s1. The number of hydrogen-bond donors (Lipinski definition) is 1. The summed E-state index contributed by atoms with van der Waals surface area (Å²) in [5.41, 5.74) is 4.71. The third kappa shape index (κ3) is 3.43. The first-order valence-electron chi connectivity index (χ1n) is 8.12. The summed E-state index contributed by atoms with van der Waals surface area (Å²) >= 11 is 2.81. The van der Waals surface area contributed by atoms with Crippen LogP contribution in [-0.2, 0) is 12.8 Å². The van der Waals surface area contributed by atoms with Crippen molar-refractivity contribution in [2.45, 2.75) is 26.7 Å². The van der Waals surface area contributed by atoms with Crippen LogP contribution in [0.5, 0.6) is 0 Å². The van der Waals surface area contributed by atoms with E-state index in [0.29, 0.717) is 4.88 Å². The molecule has 0 aliphatic carbocycles. The molecule has 0 bridgehead atoms. The van der Waals surface area contributed by atoms with Crippen LogP contribution in [0.3, 0.4) is 0 Å². The van der Waals surface area contributed by atoms with E-state index in [1.54, 1.807) is 6.07 Å². The molecule has 2 heterocycles. The summed E-state index contributed by atoms with van der Waals surface area (Å²) in [6, 6.07) is 11.7. The summed E-state index contributed by atoms with van der Waals surface area (Å²) in [7, 11) is 0. The predicted octanol–water partition coefficient (Wildman–Crippen LogP) is 5.78. The number of aldehydes is 1. The van der Waals surface area contributed by atoms with Crippen LogP contribution in [0, 0.1) is 0 Å². The molecule has 2 aromatic heterocycles. The van der Waals surface area contributed by atoms with Gasteiger partial charge in [-0.3, -0.25) is 4.79 Å². The zero-order chi connectivity index (χ0) is 18.0. The second kappa shape index (κ2) is 7.33. The van der Waals surface area contributed by atoms with Crippen molar-refractivity contribution in [3.05, 3.63) is 57.3 Å². The van der Waals surface area contributed by atoms with Gasteiger partial charge in [-0.15, -0.1) is 22.7 Å². The van der Waals surface area contributed by atoms with E-state index in [0.717, 1.165) is 39.3 Å². The monoisotopic (exact) mass is 370 g/mol. The second-order valence-corrected chi connectivity index (χ2v) is 7.86. The lowest BCUT2D eigenvalue weighted by atomic mass is 9.93. The van der Waals surface area contributed by atoms with Gasteiger partial charge in [-0.25, -0.2) is 4.79 Å². The van der Waals surface area contributed by atoms with Gasteiger partial charge in [0.25, 0.3) is 0 Å². The maximum Gasteiger partial charge on any atom is 0.345 e. The molecule has 3 aromatic rings. The molecule has 3 nitrogen and oxygen atoms in total. The van der Waals surface area contributed by atoms with Crippen molar-refractivity contribution < 1.29 is 14.7 Å². The van der Waals surface area contributed by atoms with Gasteiger partial charge in [0.1, 0.15) is 4.88 Å². The van der Waals surface area contributed by atoms with Crippen molar-refractivity contribution in [1.82, 2.24) is 0 Å². The van der Waals surface area contributed by atoms with E-state index in [1.165, 1.54) is 39.4 Å². The summed E-state index contributed by atoms with van der Waals surface area (Å²) in [5, 5.41) is 9.15. The van der Waals surface area contributed by atoms with E-state index in [9.17, 15) is 9.59 Å². The van der Waals surface area contributed by atoms with E-state index in [4.69, 9.17) is 5.11 Å². The fraction of sp³-hybridized carbons (Fsp3) is 0.200. The van der Waals surface area contributed by atoms with Gasteiger partial charge in [0.05, 0.1) is 4.88 Å². The Morgan fingerprint density at radius 3 is 2.12 bits per heavy atom. The van der Waals surface area contributed by atoms with Crippen LogP contribution in [0.15, 0.2) is 36.4 Å². The standard InChI is InChI=1S/C20H18O3S2/c1-3-12-9-14(16-7-8-18(25-16)20(22)23)10-13(4-2)19(12)17-6-5-15(11-21)24-17/h5-11H,3-4H2,1-2H3,(H,22,23). The highest BCUT2D eigenvalue weighted by atomic mass is 32.1. The van der Waals surface area contributed by atoms with Crippen LogP contribution in [-0.4, -0.2) is 17.4 Å². The quantitative estimate of drug-likeness (QED) is 0.560. The summed E-state index contributed by atoms with van der Waals surface area (Å²) in [4.78, 5) is 25.3. The third-order valence-corrected chi connectivity index (χ3v) is 6.30. The first kappa shape index (κ1) is 17.6. The highest BCUT2D eigenvalue weighted by Crippen LogP contribution is 2.38. The first-order valence-corrected chi connectivity index (χ1v) is 9.75. The molecule has 1 aromatic carbocycles. The Bertz CT molecular complexity index is 909. The van der Waals surface area contributed by atoms with Gasteiger partial charge >= 0.3 is 5.97 Å². The number of carboxylic acid groups (broad SMARTS) is 1. The number of aryl methyl sites for hydroxylation is 2. The van der Waals surface area contributed by atoms with Crippen LogP contribution in [0.4, 0.5) is 0 Å². The number of aromatic carboxylic acids is 1. The fourth-order valence-electron chi connectivity index (χ4n) is 2.94. The topological polar surface area (TPSA) is 54.4 Å². The van der Waals surface area contributed by atoms with Crippen molar-refractivity contribution in [2.75, 3.05) is 0 Å². The van der Waals surface area contributed by atoms with Crippen LogP contribution in [0.25, 0.3) is 20.9 Å². The molecule has 0 saturated heterocycles. The summed E-state index contributed by atoms with van der Waals surface area (Å²) in [6.45, 7) is 4.24. The van der Waals surface area contributed by atoms with Gasteiger partial charge < -0.3 is 5.11 Å². The molecular weight excluding hydrogens is 352 g/mol. The van der Waals surface area contributed by atoms with Crippen molar-refractivity contribution in [3.63, 3.8) is 0 Å². The summed E-state index contributed by atoms with van der Waals surface area (Å²) in [5.74, 6) is -0.890. The van der Waals surface area contributed by atoms with Crippen molar-refractivity contribution >= 4 is 34.9 Å². The van der Waals surface area contributed by atoms with Crippen molar-refractivity contribution in [1.29, 1.82) is 0 Å². The van der Waals surface area contributed by atoms with Gasteiger partial charge in [0.15, 0.2) is 6.29 Å². The smallest absolute Gasteiger partial charge is 0.345 e. The maximum atomic E-state index is 11.1. The highest BCUT2D eigenvalue weighted by Gasteiger charge is 2.15. The molecule has 0 aliphatic rings. The molecule has 1 N–H and O–H groups in total. The Morgan fingerprint density at radius 2 is 1.64 bits per heavy atom. The van der Waals surface area contributed by atoms with Gasteiger partial charge in [0.2, 0.25) is 0 Å². The number of thiophene rings is 2. The molecule has 0 aliphatic heterocycles. The lowest BCUT2D eigenvalue weighted by molar-refractivity contribution is 0.0702. The largest absolute Gasteiger partial charge is 0.477 e. The number of carbonyl (C=O) groups excluding carboxylic acids is 1. The Morgan fingerprint density at radius 1 is 1.00 bits per heavy atom. The third-order valence-electron chi connectivity index (χ3n) is 4.15.